The summed E-state index contributed by atoms with van der Waals surface area (Å²) in [5, 5.41) is 6.25. The van der Waals surface area contributed by atoms with Crippen molar-refractivity contribution in [1.82, 2.24) is 10.3 Å². The van der Waals surface area contributed by atoms with E-state index in [1.807, 2.05) is 42.5 Å². The topological polar surface area (TPSA) is 63.2 Å². The third-order valence-electron chi connectivity index (χ3n) is 4.74. The van der Waals surface area contributed by atoms with Gasteiger partial charge in [0.1, 0.15) is 5.75 Å². The normalized spacial score (nSPS) is 10.6. The Morgan fingerprint density at radius 1 is 1.03 bits per heavy atom. The van der Waals surface area contributed by atoms with Crippen LogP contribution in [0.5, 0.6) is 5.75 Å². The van der Waals surface area contributed by atoms with Crippen LogP contribution in [-0.2, 0) is 6.42 Å². The Balaban J connectivity index is 1.59. The fraction of sp³-hybridized carbons (Fsp3) is 0.250. The summed E-state index contributed by atoms with van der Waals surface area (Å²) in [5.74, 6) is 1.18. The van der Waals surface area contributed by atoms with Crippen molar-refractivity contribution in [3.8, 4) is 5.75 Å². The van der Waals surface area contributed by atoms with E-state index in [4.69, 9.17) is 4.74 Å². The predicted octanol–water partition coefficient (Wildman–Crippen LogP) is 4.93. The Hall–Kier alpha value is -3.34. The zero-order valence-corrected chi connectivity index (χ0v) is 17.1. The number of carbonyl (C=O) groups is 1. The molecule has 0 saturated heterocycles. The summed E-state index contributed by atoms with van der Waals surface area (Å²) in [4.78, 5) is 16.7. The van der Waals surface area contributed by atoms with Crippen LogP contribution in [0.3, 0.4) is 0 Å². The van der Waals surface area contributed by atoms with Gasteiger partial charge in [-0.1, -0.05) is 44.2 Å². The van der Waals surface area contributed by atoms with Gasteiger partial charge in [0.25, 0.3) is 5.91 Å². The first-order valence-electron chi connectivity index (χ1n) is 9.79. The molecule has 1 heterocycles. The smallest absolute Gasteiger partial charge is 0.252 e. The number of anilines is 2. The zero-order chi connectivity index (χ0) is 20.6. The number of ether oxygens (including phenoxy) is 1. The first kappa shape index (κ1) is 20.4. The van der Waals surface area contributed by atoms with E-state index >= 15 is 0 Å². The highest BCUT2D eigenvalue weighted by molar-refractivity contribution is 5.94. The second-order valence-electron chi connectivity index (χ2n) is 7.18. The van der Waals surface area contributed by atoms with E-state index in [2.05, 4.69) is 41.6 Å². The van der Waals surface area contributed by atoms with Gasteiger partial charge in [-0.15, -0.1) is 0 Å². The minimum atomic E-state index is -0.147. The SMILES string of the molecule is COc1ccccc1CCNC(=O)c1cncc(Nc2ccc(C(C)C)cc2)c1. The van der Waals surface area contributed by atoms with Crippen LogP contribution in [0.25, 0.3) is 0 Å². The Bertz CT molecular complexity index is 952. The van der Waals surface area contributed by atoms with Crippen molar-refractivity contribution in [1.29, 1.82) is 0 Å². The minimum Gasteiger partial charge on any atom is -0.496 e. The molecule has 0 saturated carbocycles. The Labute approximate surface area is 172 Å². The molecule has 3 aromatic rings. The molecule has 5 heteroatoms. The number of methoxy groups -OCH3 is 1. The number of nitrogens with zero attached hydrogens (tertiary/aromatic N) is 1. The van der Waals surface area contributed by atoms with Crippen LogP contribution >= 0.6 is 0 Å². The number of para-hydroxylation sites is 1. The fourth-order valence-electron chi connectivity index (χ4n) is 3.07. The van der Waals surface area contributed by atoms with Crippen molar-refractivity contribution in [3.05, 3.63) is 83.7 Å². The van der Waals surface area contributed by atoms with Crippen molar-refractivity contribution >= 4 is 17.3 Å². The maximum Gasteiger partial charge on any atom is 0.252 e. The summed E-state index contributed by atoms with van der Waals surface area (Å²) in [6, 6.07) is 17.9. The standard InChI is InChI=1S/C24H27N3O2/c1-17(2)18-8-10-21(11-9-18)27-22-14-20(15-25-16-22)24(28)26-13-12-19-6-4-5-7-23(19)29-3/h4-11,14-17,27H,12-13H2,1-3H3,(H,26,28). The second kappa shape index (κ2) is 9.73. The molecule has 0 radical (unpaired) electrons. The summed E-state index contributed by atoms with van der Waals surface area (Å²) in [6.45, 7) is 4.86. The van der Waals surface area contributed by atoms with Crippen molar-refractivity contribution in [2.24, 2.45) is 0 Å². The molecule has 2 N–H and O–H groups in total. The van der Waals surface area contributed by atoms with E-state index in [0.717, 1.165) is 22.7 Å². The second-order valence-corrected chi connectivity index (χ2v) is 7.18. The van der Waals surface area contributed by atoms with E-state index < -0.39 is 0 Å². The largest absolute Gasteiger partial charge is 0.496 e. The third-order valence-corrected chi connectivity index (χ3v) is 4.74. The van der Waals surface area contributed by atoms with Crippen LogP contribution in [0.1, 0.15) is 41.3 Å². The molecule has 0 aliphatic heterocycles. The van der Waals surface area contributed by atoms with E-state index in [-0.39, 0.29) is 5.91 Å². The molecular formula is C24H27N3O2. The highest BCUT2D eigenvalue weighted by Crippen LogP contribution is 2.21. The molecule has 0 spiro atoms. The summed E-state index contributed by atoms with van der Waals surface area (Å²) in [7, 11) is 1.65. The van der Waals surface area contributed by atoms with Gasteiger partial charge in [0.15, 0.2) is 0 Å². The Kier molecular flexibility index (Phi) is 6.85. The van der Waals surface area contributed by atoms with Crippen molar-refractivity contribution in [2.75, 3.05) is 19.0 Å². The third kappa shape index (κ3) is 5.57. The highest BCUT2D eigenvalue weighted by atomic mass is 16.5. The van der Waals surface area contributed by atoms with Crippen molar-refractivity contribution < 1.29 is 9.53 Å². The Morgan fingerprint density at radius 3 is 2.52 bits per heavy atom. The number of hydrogen-bond acceptors (Lipinski definition) is 4. The fourth-order valence-corrected chi connectivity index (χ4v) is 3.07. The average Bonchev–Trinajstić information content (AvgIpc) is 2.74. The number of amides is 1. The molecule has 0 aliphatic carbocycles. The van der Waals surface area contributed by atoms with Crippen LogP contribution in [0, 0.1) is 0 Å². The van der Waals surface area contributed by atoms with E-state index in [9.17, 15) is 4.79 Å². The molecule has 0 atom stereocenters. The van der Waals surface area contributed by atoms with Crippen LogP contribution < -0.4 is 15.4 Å². The van der Waals surface area contributed by atoms with Gasteiger partial charge in [0.2, 0.25) is 0 Å². The van der Waals surface area contributed by atoms with Crippen LogP contribution in [0.15, 0.2) is 67.0 Å². The first-order chi connectivity index (χ1) is 14.1. The summed E-state index contributed by atoms with van der Waals surface area (Å²) < 4.78 is 5.35. The van der Waals surface area contributed by atoms with Gasteiger partial charge in [-0.25, -0.2) is 0 Å². The number of benzene rings is 2. The monoisotopic (exact) mass is 389 g/mol. The van der Waals surface area contributed by atoms with Crippen LogP contribution in [-0.4, -0.2) is 24.5 Å². The highest BCUT2D eigenvalue weighted by Gasteiger charge is 2.08. The number of nitrogens with one attached hydrogen (secondary N) is 2. The molecule has 0 fully saturated rings. The predicted molar refractivity (Wildman–Crippen MR) is 117 cm³/mol. The minimum absolute atomic E-state index is 0.147. The number of pyridine rings is 1. The molecule has 0 unspecified atom stereocenters. The number of aromatic nitrogens is 1. The number of carbonyl (C=O) groups excluding carboxylic acids is 1. The van der Waals surface area contributed by atoms with E-state index in [1.165, 1.54) is 5.56 Å². The summed E-state index contributed by atoms with van der Waals surface area (Å²) in [6.07, 6.45) is 3.98. The molecule has 0 bridgehead atoms. The van der Waals surface area contributed by atoms with Crippen molar-refractivity contribution in [3.63, 3.8) is 0 Å². The van der Waals surface area contributed by atoms with E-state index in [0.29, 0.717) is 24.4 Å². The molecule has 3 rings (SSSR count). The summed E-state index contributed by atoms with van der Waals surface area (Å²) in [5.41, 5.74) is 4.61. The van der Waals surface area contributed by atoms with Gasteiger partial charge in [0, 0.05) is 18.4 Å². The van der Waals surface area contributed by atoms with Gasteiger partial charge in [-0.05, 0) is 47.7 Å². The average molecular weight is 389 g/mol. The van der Waals surface area contributed by atoms with Crippen LogP contribution in [0.2, 0.25) is 0 Å². The maximum absolute atomic E-state index is 12.5. The van der Waals surface area contributed by atoms with Gasteiger partial charge >= 0.3 is 0 Å². The molecule has 1 amide bonds. The quantitative estimate of drug-likeness (QED) is 0.573. The van der Waals surface area contributed by atoms with Gasteiger partial charge in [-0.2, -0.15) is 0 Å². The summed E-state index contributed by atoms with van der Waals surface area (Å²) >= 11 is 0. The molecule has 1 aromatic heterocycles. The lowest BCUT2D eigenvalue weighted by molar-refractivity contribution is 0.0953. The molecular weight excluding hydrogens is 362 g/mol. The van der Waals surface area contributed by atoms with E-state index in [1.54, 1.807) is 19.5 Å². The molecule has 0 aliphatic rings. The Morgan fingerprint density at radius 2 is 1.79 bits per heavy atom. The van der Waals surface area contributed by atoms with Gasteiger partial charge in [0.05, 0.1) is 24.6 Å². The maximum atomic E-state index is 12.5. The number of hydrogen-bond donors (Lipinski definition) is 2. The molecule has 29 heavy (non-hydrogen) atoms. The lowest BCUT2D eigenvalue weighted by Gasteiger charge is -2.11. The first-order valence-corrected chi connectivity index (χ1v) is 9.79. The van der Waals surface area contributed by atoms with Crippen molar-refractivity contribution in [2.45, 2.75) is 26.2 Å². The van der Waals surface area contributed by atoms with Gasteiger partial charge in [-0.3, -0.25) is 9.78 Å². The number of rotatable bonds is 8. The molecule has 150 valence electrons. The lowest BCUT2D eigenvalue weighted by Crippen LogP contribution is -2.26. The van der Waals surface area contributed by atoms with Gasteiger partial charge < -0.3 is 15.4 Å². The zero-order valence-electron chi connectivity index (χ0n) is 17.1. The van der Waals surface area contributed by atoms with Crippen LogP contribution in [0.4, 0.5) is 11.4 Å². The lowest BCUT2D eigenvalue weighted by atomic mass is 10.0. The molecule has 2 aromatic carbocycles. The molecule has 5 nitrogen and oxygen atoms in total.